The molecule has 1 aromatic carbocycles. The fraction of sp³-hybridized carbons (Fsp3) is 0.385. The second-order valence-electron chi connectivity index (χ2n) is 4.11. The number of benzene rings is 1. The maximum atomic E-state index is 3.60. The molecule has 86 valence electrons. The summed E-state index contributed by atoms with van der Waals surface area (Å²) < 4.78 is 2.23. The quantitative estimate of drug-likeness (QED) is 0.801. The molecule has 0 saturated carbocycles. The lowest BCUT2D eigenvalue weighted by Crippen LogP contribution is -2.29. The van der Waals surface area contributed by atoms with E-state index in [9.17, 15) is 0 Å². The monoisotopic (exact) mass is 343 g/mol. The molecule has 0 aromatic heterocycles. The highest BCUT2D eigenvalue weighted by atomic mass is 79.9. The standard InChI is InChI=1S/C13H15Br2N/c14-12-7-6-10(8-13(12)15)9-16-11-4-2-1-3-5-11/h1-2,6-8,11,16H,3-5,9H2. The third kappa shape index (κ3) is 3.44. The van der Waals surface area contributed by atoms with Crippen LogP contribution in [-0.4, -0.2) is 6.04 Å². The molecule has 1 aromatic rings. The van der Waals surface area contributed by atoms with Crippen LogP contribution in [0, 0.1) is 0 Å². The van der Waals surface area contributed by atoms with Gasteiger partial charge >= 0.3 is 0 Å². The van der Waals surface area contributed by atoms with Crippen molar-refractivity contribution in [2.24, 2.45) is 0 Å². The minimum Gasteiger partial charge on any atom is -0.310 e. The lowest BCUT2D eigenvalue weighted by Gasteiger charge is -2.19. The maximum Gasteiger partial charge on any atom is 0.0320 e. The summed E-state index contributed by atoms with van der Waals surface area (Å²) in [5.74, 6) is 0. The second-order valence-corrected chi connectivity index (χ2v) is 5.82. The molecule has 3 heteroatoms. The van der Waals surface area contributed by atoms with Gasteiger partial charge in [-0.2, -0.15) is 0 Å². The number of hydrogen-bond donors (Lipinski definition) is 1. The van der Waals surface area contributed by atoms with Crippen LogP contribution in [0.15, 0.2) is 39.3 Å². The van der Waals surface area contributed by atoms with Gasteiger partial charge in [0.1, 0.15) is 0 Å². The van der Waals surface area contributed by atoms with Crippen LogP contribution in [0.25, 0.3) is 0 Å². The van der Waals surface area contributed by atoms with E-state index in [1.165, 1.54) is 18.4 Å². The zero-order chi connectivity index (χ0) is 11.4. The van der Waals surface area contributed by atoms with E-state index in [1.54, 1.807) is 0 Å². The number of hydrogen-bond acceptors (Lipinski definition) is 1. The highest BCUT2D eigenvalue weighted by Gasteiger charge is 2.08. The molecular formula is C13H15Br2N. The Morgan fingerprint density at radius 1 is 1.19 bits per heavy atom. The normalized spacial score (nSPS) is 20.0. The van der Waals surface area contributed by atoms with Gasteiger partial charge in [0.25, 0.3) is 0 Å². The second kappa shape index (κ2) is 5.99. The van der Waals surface area contributed by atoms with Gasteiger partial charge in [0.05, 0.1) is 0 Å². The van der Waals surface area contributed by atoms with Gasteiger partial charge in [-0.1, -0.05) is 18.2 Å². The predicted octanol–water partition coefficient (Wildman–Crippen LogP) is 4.41. The van der Waals surface area contributed by atoms with Gasteiger partial charge in [-0.05, 0) is 68.8 Å². The van der Waals surface area contributed by atoms with E-state index in [1.807, 2.05) is 0 Å². The van der Waals surface area contributed by atoms with Crippen molar-refractivity contribution in [3.8, 4) is 0 Å². The molecular weight excluding hydrogens is 330 g/mol. The van der Waals surface area contributed by atoms with Crippen LogP contribution in [0.1, 0.15) is 24.8 Å². The molecule has 0 fully saturated rings. The highest BCUT2D eigenvalue weighted by Crippen LogP contribution is 2.24. The van der Waals surface area contributed by atoms with Crippen molar-refractivity contribution in [3.63, 3.8) is 0 Å². The van der Waals surface area contributed by atoms with Crippen LogP contribution in [0.3, 0.4) is 0 Å². The van der Waals surface area contributed by atoms with Crippen molar-refractivity contribution in [2.45, 2.75) is 31.8 Å². The van der Waals surface area contributed by atoms with Crippen LogP contribution in [0.5, 0.6) is 0 Å². The minimum atomic E-state index is 0.646. The van der Waals surface area contributed by atoms with Crippen LogP contribution >= 0.6 is 31.9 Å². The van der Waals surface area contributed by atoms with Crippen molar-refractivity contribution in [1.29, 1.82) is 0 Å². The van der Waals surface area contributed by atoms with Crippen LogP contribution in [-0.2, 0) is 6.54 Å². The largest absolute Gasteiger partial charge is 0.310 e. The van der Waals surface area contributed by atoms with Crippen molar-refractivity contribution >= 4 is 31.9 Å². The summed E-state index contributed by atoms with van der Waals surface area (Å²) in [7, 11) is 0. The third-order valence-electron chi connectivity index (χ3n) is 2.85. The first-order valence-electron chi connectivity index (χ1n) is 5.58. The lowest BCUT2D eigenvalue weighted by molar-refractivity contribution is 0.474. The van der Waals surface area contributed by atoms with Crippen molar-refractivity contribution < 1.29 is 0 Å². The Morgan fingerprint density at radius 2 is 2.06 bits per heavy atom. The van der Waals surface area contributed by atoms with Gasteiger partial charge in [-0.3, -0.25) is 0 Å². The van der Waals surface area contributed by atoms with Gasteiger partial charge in [-0.15, -0.1) is 0 Å². The summed E-state index contributed by atoms with van der Waals surface area (Å²) in [6, 6.07) is 7.05. The van der Waals surface area contributed by atoms with E-state index in [0.717, 1.165) is 21.9 Å². The Morgan fingerprint density at radius 3 is 2.75 bits per heavy atom. The Labute approximate surface area is 114 Å². The molecule has 1 aliphatic carbocycles. The van der Waals surface area contributed by atoms with Gasteiger partial charge in [0, 0.05) is 21.5 Å². The van der Waals surface area contributed by atoms with E-state index in [4.69, 9.17) is 0 Å². The molecule has 0 spiro atoms. The first-order valence-corrected chi connectivity index (χ1v) is 7.16. The van der Waals surface area contributed by atoms with Crippen LogP contribution in [0.4, 0.5) is 0 Å². The predicted molar refractivity (Wildman–Crippen MR) is 75.5 cm³/mol. The molecule has 0 aliphatic heterocycles. The Hall–Kier alpha value is -0.120. The molecule has 1 atom stereocenters. The average Bonchev–Trinajstić information content (AvgIpc) is 2.32. The first kappa shape index (κ1) is 12.3. The number of nitrogens with one attached hydrogen (secondary N) is 1. The van der Waals surface area contributed by atoms with Gasteiger partial charge in [-0.25, -0.2) is 0 Å². The molecule has 0 radical (unpaired) electrons. The number of halogens is 2. The smallest absolute Gasteiger partial charge is 0.0320 e. The van der Waals surface area contributed by atoms with E-state index in [0.29, 0.717) is 6.04 Å². The summed E-state index contributed by atoms with van der Waals surface area (Å²) in [6.07, 6.45) is 8.18. The number of allylic oxidation sites excluding steroid dienone is 1. The summed E-state index contributed by atoms with van der Waals surface area (Å²) in [4.78, 5) is 0. The topological polar surface area (TPSA) is 12.0 Å². The van der Waals surface area contributed by atoms with Crippen LogP contribution in [0.2, 0.25) is 0 Å². The molecule has 1 nitrogen and oxygen atoms in total. The molecule has 16 heavy (non-hydrogen) atoms. The molecule has 1 unspecified atom stereocenters. The summed E-state index contributed by atoms with van der Waals surface area (Å²) in [5, 5.41) is 3.60. The number of rotatable bonds is 3. The van der Waals surface area contributed by atoms with Crippen LogP contribution < -0.4 is 5.32 Å². The summed E-state index contributed by atoms with van der Waals surface area (Å²) in [5.41, 5.74) is 1.32. The van der Waals surface area contributed by atoms with E-state index < -0.39 is 0 Å². The summed E-state index contributed by atoms with van der Waals surface area (Å²) >= 11 is 7.01. The molecule has 0 amide bonds. The summed E-state index contributed by atoms with van der Waals surface area (Å²) in [6.45, 7) is 0.949. The zero-order valence-electron chi connectivity index (χ0n) is 9.05. The molecule has 0 heterocycles. The van der Waals surface area contributed by atoms with E-state index >= 15 is 0 Å². The van der Waals surface area contributed by atoms with E-state index in [-0.39, 0.29) is 0 Å². The Bertz CT molecular complexity index is 388. The third-order valence-corrected chi connectivity index (χ3v) is 4.73. The van der Waals surface area contributed by atoms with Crippen molar-refractivity contribution in [2.75, 3.05) is 0 Å². The van der Waals surface area contributed by atoms with Crippen molar-refractivity contribution in [1.82, 2.24) is 5.32 Å². The van der Waals surface area contributed by atoms with Gasteiger partial charge in [0.2, 0.25) is 0 Å². The average molecular weight is 345 g/mol. The molecule has 0 bridgehead atoms. The van der Waals surface area contributed by atoms with Gasteiger partial charge < -0.3 is 5.32 Å². The van der Waals surface area contributed by atoms with Crippen molar-refractivity contribution in [3.05, 3.63) is 44.9 Å². The Kier molecular flexibility index (Phi) is 4.62. The lowest BCUT2D eigenvalue weighted by atomic mass is 10.0. The minimum absolute atomic E-state index is 0.646. The highest BCUT2D eigenvalue weighted by molar-refractivity contribution is 9.13. The molecule has 1 N–H and O–H groups in total. The van der Waals surface area contributed by atoms with E-state index in [2.05, 4.69) is 67.5 Å². The maximum absolute atomic E-state index is 3.60. The Balaban J connectivity index is 1.89. The zero-order valence-corrected chi connectivity index (χ0v) is 12.2. The SMILES string of the molecule is Brc1ccc(CNC2CC=CCC2)cc1Br. The molecule has 2 rings (SSSR count). The van der Waals surface area contributed by atoms with Gasteiger partial charge in [0.15, 0.2) is 0 Å². The molecule has 1 aliphatic rings. The molecule has 0 saturated heterocycles. The fourth-order valence-electron chi connectivity index (χ4n) is 1.89. The fourth-order valence-corrected chi connectivity index (χ4v) is 2.56. The first-order chi connectivity index (χ1) is 7.75.